The molecule has 0 spiro atoms. The van der Waals surface area contributed by atoms with Crippen molar-refractivity contribution in [1.29, 1.82) is 0 Å². The van der Waals surface area contributed by atoms with Crippen LogP contribution in [0.25, 0.3) is 0 Å². The van der Waals surface area contributed by atoms with Gasteiger partial charge in [0.2, 0.25) is 5.91 Å². The number of carbonyl (C=O) groups is 1. The van der Waals surface area contributed by atoms with Crippen LogP contribution in [0.2, 0.25) is 0 Å². The summed E-state index contributed by atoms with van der Waals surface area (Å²) < 4.78 is 0. The van der Waals surface area contributed by atoms with E-state index >= 15 is 0 Å². The van der Waals surface area contributed by atoms with E-state index in [9.17, 15) is 4.79 Å². The highest BCUT2D eigenvalue weighted by Crippen LogP contribution is 2.20. The molecular formula is C15H32N4O. The Hall–Kier alpha value is -0.650. The van der Waals surface area contributed by atoms with Crippen LogP contribution in [0, 0.1) is 5.92 Å². The van der Waals surface area contributed by atoms with Crippen LogP contribution in [-0.4, -0.2) is 74.1 Å². The summed E-state index contributed by atoms with van der Waals surface area (Å²) in [7, 11) is 4.10. The number of piperazine rings is 1. The van der Waals surface area contributed by atoms with Crippen LogP contribution in [0.5, 0.6) is 0 Å². The number of nitrogens with one attached hydrogen (secondary N) is 1. The molecule has 2 fully saturated rings. The van der Waals surface area contributed by atoms with Gasteiger partial charge in [-0.3, -0.25) is 10.2 Å². The molecule has 0 radical (unpaired) electrons. The zero-order valence-electron chi connectivity index (χ0n) is 13.7. The maximum atomic E-state index is 12.1. The number of hydrazine groups is 1. The number of rotatable bonds is 4. The van der Waals surface area contributed by atoms with E-state index in [4.69, 9.17) is 0 Å². The van der Waals surface area contributed by atoms with Gasteiger partial charge in [-0.1, -0.05) is 13.8 Å². The summed E-state index contributed by atoms with van der Waals surface area (Å²) in [5.41, 5.74) is 3.13. The lowest BCUT2D eigenvalue weighted by atomic mass is 10.0. The van der Waals surface area contributed by atoms with E-state index < -0.39 is 0 Å². The molecule has 0 aromatic carbocycles. The molecule has 118 valence electrons. The highest BCUT2D eigenvalue weighted by molar-refractivity contribution is 5.76. The average molecular weight is 284 g/mol. The molecule has 0 aromatic heterocycles. The number of hydrogen-bond acceptors (Lipinski definition) is 4. The standard InChI is InChI=1S/C13H26N4O.C2H6/c1-14-17-9-7-16(8-10-17)13(18)4-3-12-5-6-15(2)11-12;1-2/h12,14H,3-11H2,1-2H3;1-2H3. The normalized spacial score (nSPS) is 24.4. The molecule has 1 atom stereocenters. The number of nitrogens with zero attached hydrogens (tertiary/aromatic N) is 3. The third-order valence-corrected chi connectivity index (χ3v) is 4.20. The van der Waals surface area contributed by atoms with Crippen molar-refractivity contribution in [3.8, 4) is 0 Å². The van der Waals surface area contributed by atoms with E-state index in [-0.39, 0.29) is 0 Å². The Balaban J connectivity index is 0.000000956. The summed E-state index contributed by atoms with van der Waals surface area (Å²) in [6, 6.07) is 0. The molecule has 0 aliphatic carbocycles. The minimum atomic E-state index is 0.348. The quantitative estimate of drug-likeness (QED) is 0.837. The first-order valence-electron chi connectivity index (χ1n) is 8.07. The summed E-state index contributed by atoms with van der Waals surface area (Å²) in [6.45, 7) is 9.97. The molecule has 0 saturated carbocycles. The van der Waals surface area contributed by atoms with Gasteiger partial charge in [0.05, 0.1) is 0 Å². The first kappa shape index (κ1) is 17.4. The van der Waals surface area contributed by atoms with E-state index in [1.807, 2.05) is 25.8 Å². The van der Waals surface area contributed by atoms with Gasteiger partial charge in [0, 0.05) is 39.1 Å². The second kappa shape index (κ2) is 9.32. The minimum Gasteiger partial charge on any atom is -0.340 e. The topological polar surface area (TPSA) is 38.8 Å². The van der Waals surface area contributed by atoms with Crippen molar-refractivity contribution in [3.63, 3.8) is 0 Å². The summed E-state index contributed by atoms with van der Waals surface area (Å²) in [4.78, 5) is 16.5. The summed E-state index contributed by atoms with van der Waals surface area (Å²) in [5, 5.41) is 2.16. The van der Waals surface area contributed by atoms with Gasteiger partial charge in [-0.05, 0) is 39.4 Å². The lowest BCUT2D eigenvalue weighted by Crippen LogP contribution is -2.52. The van der Waals surface area contributed by atoms with Crippen molar-refractivity contribution in [1.82, 2.24) is 20.2 Å². The van der Waals surface area contributed by atoms with E-state index in [2.05, 4.69) is 22.4 Å². The average Bonchev–Trinajstić information content (AvgIpc) is 2.92. The van der Waals surface area contributed by atoms with Gasteiger partial charge in [0.15, 0.2) is 0 Å². The number of carbonyl (C=O) groups excluding carboxylic acids is 1. The van der Waals surface area contributed by atoms with E-state index in [0.29, 0.717) is 5.91 Å². The lowest BCUT2D eigenvalue weighted by molar-refractivity contribution is -0.133. The fourth-order valence-corrected chi connectivity index (χ4v) is 2.93. The van der Waals surface area contributed by atoms with Gasteiger partial charge in [-0.25, -0.2) is 5.01 Å². The predicted molar refractivity (Wildman–Crippen MR) is 83.4 cm³/mol. The molecule has 1 amide bonds. The van der Waals surface area contributed by atoms with Crippen LogP contribution >= 0.6 is 0 Å². The number of likely N-dealkylation sites (tertiary alicyclic amines) is 1. The Bertz CT molecular complexity index is 277. The Morgan fingerprint density at radius 2 is 1.80 bits per heavy atom. The summed E-state index contributed by atoms with van der Waals surface area (Å²) in [6.07, 6.45) is 3.06. The molecule has 1 unspecified atom stereocenters. The molecule has 0 aromatic rings. The molecule has 5 nitrogen and oxygen atoms in total. The molecule has 0 bridgehead atoms. The van der Waals surface area contributed by atoms with Crippen LogP contribution in [-0.2, 0) is 4.79 Å². The maximum Gasteiger partial charge on any atom is 0.222 e. The molecule has 2 aliphatic heterocycles. The third-order valence-electron chi connectivity index (χ3n) is 4.20. The van der Waals surface area contributed by atoms with Crippen molar-refractivity contribution in [2.45, 2.75) is 33.1 Å². The molecule has 5 heteroatoms. The van der Waals surface area contributed by atoms with Gasteiger partial charge in [-0.2, -0.15) is 0 Å². The highest BCUT2D eigenvalue weighted by Gasteiger charge is 2.23. The van der Waals surface area contributed by atoms with Crippen molar-refractivity contribution >= 4 is 5.91 Å². The Kier molecular flexibility index (Phi) is 8.11. The van der Waals surface area contributed by atoms with Crippen molar-refractivity contribution in [2.75, 3.05) is 53.4 Å². The lowest BCUT2D eigenvalue weighted by Gasteiger charge is -2.34. The Morgan fingerprint density at radius 3 is 2.30 bits per heavy atom. The fraction of sp³-hybridized carbons (Fsp3) is 0.933. The number of hydrogen-bond donors (Lipinski definition) is 1. The first-order chi connectivity index (χ1) is 9.69. The van der Waals surface area contributed by atoms with Crippen LogP contribution in [0.1, 0.15) is 33.1 Å². The first-order valence-corrected chi connectivity index (χ1v) is 8.07. The zero-order valence-corrected chi connectivity index (χ0v) is 13.7. The maximum absolute atomic E-state index is 12.1. The monoisotopic (exact) mass is 284 g/mol. The molecule has 1 N–H and O–H groups in total. The van der Waals surface area contributed by atoms with E-state index in [0.717, 1.165) is 44.9 Å². The molecule has 2 saturated heterocycles. The van der Waals surface area contributed by atoms with Crippen LogP contribution < -0.4 is 5.43 Å². The van der Waals surface area contributed by atoms with Gasteiger partial charge < -0.3 is 9.80 Å². The smallest absolute Gasteiger partial charge is 0.222 e. The van der Waals surface area contributed by atoms with Gasteiger partial charge in [0.1, 0.15) is 0 Å². The van der Waals surface area contributed by atoms with Gasteiger partial charge >= 0.3 is 0 Å². The summed E-state index contributed by atoms with van der Waals surface area (Å²) in [5.74, 6) is 1.08. The van der Waals surface area contributed by atoms with Gasteiger partial charge in [-0.15, -0.1) is 0 Å². The fourth-order valence-electron chi connectivity index (χ4n) is 2.93. The van der Waals surface area contributed by atoms with Crippen molar-refractivity contribution in [3.05, 3.63) is 0 Å². The second-order valence-corrected chi connectivity index (χ2v) is 5.55. The minimum absolute atomic E-state index is 0.348. The third kappa shape index (κ3) is 5.38. The zero-order chi connectivity index (χ0) is 15.0. The van der Waals surface area contributed by atoms with Crippen molar-refractivity contribution in [2.24, 2.45) is 5.92 Å². The largest absolute Gasteiger partial charge is 0.340 e. The van der Waals surface area contributed by atoms with Gasteiger partial charge in [0.25, 0.3) is 0 Å². The van der Waals surface area contributed by atoms with E-state index in [1.165, 1.54) is 19.5 Å². The van der Waals surface area contributed by atoms with Crippen LogP contribution in [0.4, 0.5) is 0 Å². The molecule has 2 rings (SSSR count). The Labute approximate surface area is 124 Å². The highest BCUT2D eigenvalue weighted by atomic mass is 16.2. The number of amides is 1. The Morgan fingerprint density at radius 1 is 1.15 bits per heavy atom. The molecular weight excluding hydrogens is 252 g/mol. The molecule has 2 aliphatic rings. The second-order valence-electron chi connectivity index (χ2n) is 5.55. The van der Waals surface area contributed by atoms with Crippen LogP contribution in [0.3, 0.4) is 0 Å². The predicted octanol–water partition coefficient (Wildman–Crippen LogP) is 1.02. The van der Waals surface area contributed by atoms with Crippen LogP contribution in [0.15, 0.2) is 0 Å². The molecule has 2 heterocycles. The van der Waals surface area contributed by atoms with Crippen molar-refractivity contribution < 1.29 is 4.79 Å². The molecule has 20 heavy (non-hydrogen) atoms. The SMILES string of the molecule is CC.CNN1CCN(C(=O)CCC2CCN(C)C2)CC1. The summed E-state index contributed by atoms with van der Waals surface area (Å²) >= 11 is 0. The van der Waals surface area contributed by atoms with E-state index in [1.54, 1.807) is 0 Å².